The van der Waals surface area contributed by atoms with E-state index in [-0.39, 0.29) is 0 Å². The molecule has 1 fully saturated rings. The smallest absolute Gasteiger partial charge is 0.0223 e. The molecule has 1 nitrogen and oxygen atoms in total. The summed E-state index contributed by atoms with van der Waals surface area (Å²) < 4.78 is 0. The minimum atomic E-state index is 0.387. The second kappa shape index (κ2) is 5.53. The molecule has 2 heteroatoms. The van der Waals surface area contributed by atoms with E-state index in [2.05, 4.69) is 21.8 Å². The number of nitrogens with zero attached hydrogens (tertiary/aromatic N) is 1. The Morgan fingerprint density at radius 3 is 2.76 bits per heavy atom. The van der Waals surface area contributed by atoms with Gasteiger partial charge in [-0.05, 0) is 72.9 Å². The summed E-state index contributed by atoms with van der Waals surface area (Å²) in [6.07, 6.45) is 12.2. The third-order valence-corrected chi connectivity index (χ3v) is 6.09. The summed E-state index contributed by atoms with van der Waals surface area (Å²) in [5.41, 5.74) is 1.68. The van der Waals surface area contributed by atoms with Crippen molar-refractivity contribution in [3.05, 3.63) is 22.0 Å². The van der Waals surface area contributed by atoms with Gasteiger partial charge in [0.1, 0.15) is 0 Å². The molecule has 0 aromatic rings. The topological polar surface area (TPSA) is 3.24 Å². The zero-order valence-electron chi connectivity index (χ0n) is 10.7. The first-order valence-corrected chi connectivity index (χ1v) is 8.46. The summed E-state index contributed by atoms with van der Waals surface area (Å²) in [6.45, 7) is 3.86. The van der Waals surface area contributed by atoms with Gasteiger partial charge in [0.15, 0.2) is 0 Å². The molecule has 0 aromatic carbocycles. The monoisotopic (exact) mass is 249 g/mol. The molecule has 0 amide bonds. The van der Waals surface area contributed by atoms with Crippen molar-refractivity contribution in [3.63, 3.8) is 0 Å². The van der Waals surface area contributed by atoms with Crippen molar-refractivity contribution in [2.75, 3.05) is 19.6 Å². The number of likely N-dealkylation sites (tertiary alicyclic amines) is 1. The van der Waals surface area contributed by atoms with Crippen molar-refractivity contribution in [1.82, 2.24) is 4.90 Å². The van der Waals surface area contributed by atoms with E-state index in [9.17, 15) is 0 Å². The zero-order chi connectivity index (χ0) is 11.5. The molecule has 1 saturated heterocycles. The van der Waals surface area contributed by atoms with Crippen LogP contribution in [-0.2, 0) is 0 Å². The minimum Gasteiger partial charge on any atom is -0.299 e. The molecule has 0 aromatic heterocycles. The highest BCUT2D eigenvalue weighted by Crippen LogP contribution is 2.43. The van der Waals surface area contributed by atoms with Crippen LogP contribution in [0.4, 0.5) is 0 Å². The van der Waals surface area contributed by atoms with E-state index in [0.717, 1.165) is 0 Å². The predicted octanol–water partition coefficient (Wildman–Crippen LogP) is 3.90. The van der Waals surface area contributed by atoms with Crippen LogP contribution >= 0.6 is 10.5 Å². The molecule has 1 atom stereocenters. The highest BCUT2D eigenvalue weighted by atomic mass is 32.2. The molecule has 3 aliphatic rings. The number of hydrogen-bond acceptors (Lipinski definition) is 1. The Labute approximate surface area is 108 Å². The van der Waals surface area contributed by atoms with Gasteiger partial charge in [-0.3, -0.25) is 4.90 Å². The maximum absolute atomic E-state index is 2.63. The zero-order valence-corrected chi connectivity index (χ0v) is 11.5. The average Bonchev–Trinajstić information content (AvgIpc) is 2.81. The number of hydrogen-bond donors (Lipinski definition) is 0. The minimum absolute atomic E-state index is 0.387. The Bertz CT molecular complexity index is 372. The normalized spacial score (nSPS) is 30.0. The van der Waals surface area contributed by atoms with Gasteiger partial charge >= 0.3 is 0 Å². The summed E-state index contributed by atoms with van der Waals surface area (Å²) in [5.74, 6) is 0. The Balaban J connectivity index is 1.64. The van der Waals surface area contributed by atoms with E-state index < -0.39 is 0 Å². The lowest BCUT2D eigenvalue weighted by molar-refractivity contribution is 0.261. The maximum Gasteiger partial charge on any atom is 0.0223 e. The fourth-order valence-electron chi connectivity index (χ4n) is 3.07. The van der Waals surface area contributed by atoms with Gasteiger partial charge in [0.2, 0.25) is 0 Å². The maximum atomic E-state index is 2.63. The van der Waals surface area contributed by atoms with Crippen LogP contribution in [0, 0.1) is 0 Å². The summed E-state index contributed by atoms with van der Waals surface area (Å²) in [5, 5.41) is 5.04. The van der Waals surface area contributed by atoms with Gasteiger partial charge in [-0.15, -0.1) is 10.5 Å². The molecule has 0 saturated carbocycles. The molecule has 2 heterocycles. The van der Waals surface area contributed by atoms with Crippen LogP contribution in [-0.4, -0.2) is 29.9 Å². The molecule has 17 heavy (non-hydrogen) atoms. The Kier molecular flexibility index (Phi) is 3.82. The van der Waals surface area contributed by atoms with Crippen LogP contribution in [0.1, 0.15) is 44.9 Å². The molecule has 1 unspecified atom stereocenters. The first-order chi connectivity index (χ1) is 8.43. The summed E-state index contributed by atoms with van der Waals surface area (Å²) in [7, 11) is 0.387. The number of rotatable bonds is 2. The Morgan fingerprint density at radius 1 is 1.06 bits per heavy atom. The van der Waals surface area contributed by atoms with Crippen LogP contribution in [0.2, 0.25) is 0 Å². The van der Waals surface area contributed by atoms with Crippen molar-refractivity contribution in [2.24, 2.45) is 0 Å². The molecule has 2 aliphatic heterocycles. The van der Waals surface area contributed by atoms with Gasteiger partial charge in [0.05, 0.1) is 0 Å². The first-order valence-electron chi connectivity index (χ1n) is 7.11. The van der Waals surface area contributed by atoms with Crippen LogP contribution in [0.3, 0.4) is 0 Å². The summed E-state index contributed by atoms with van der Waals surface area (Å²) in [6, 6.07) is 0. The van der Waals surface area contributed by atoms with E-state index in [1.54, 1.807) is 10.5 Å². The second-order valence-corrected chi connectivity index (χ2v) is 7.20. The molecule has 1 aliphatic carbocycles. The summed E-state index contributed by atoms with van der Waals surface area (Å²) >= 11 is 0. The molecule has 94 valence electrons. The standard InChI is InChI=1S/C15H23NS/c1-4-9-16(10-5-1)11-13-17-12-8-14-6-2-3-7-15(14)17/h8,12-13H,1-7,9-11H2. The van der Waals surface area contributed by atoms with Crippen LogP contribution in [0.25, 0.3) is 0 Å². The van der Waals surface area contributed by atoms with E-state index >= 15 is 0 Å². The fourth-order valence-corrected chi connectivity index (χ4v) is 5.08. The Hall–Kier alpha value is -0.340. The van der Waals surface area contributed by atoms with Gasteiger partial charge in [-0.25, -0.2) is 0 Å². The lowest BCUT2D eigenvalue weighted by Crippen LogP contribution is -2.31. The third-order valence-electron chi connectivity index (χ3n) is 4.12. The van der Waals surface area contributed by atoms with Gasteiger partial charge < -0.3 is 0 Å². The Morgan fingerprint density at radius 2 is 1.88 bits per heavy atom. The van der Waals surface area contributed by atoms with Crippen molar-refractivity contribution in [1.29, 1.82) is 0 Å². The van der Waals surface area contributed by atoms with Crippen molar-refractivity contribution in [3.8, 4) is 0 Å². The quantitative estimate of drug-likeness (QED) is 0.671. The SMILES string of the molecule is C1=C/S(=C\CN2CCCCC2)C2=C1CCCC2. The van der Waals surface area contributed by atoms with Gasteiger partial charge in [0.25, 0.3) is 0 Å². The van der Waals surface area contributed by atoms with E-state index in [0.29, 0.717) is 10.5 Å². The molecule has 0 bridgehead atoms. The van der Waals surface area contributed by atoms with Crippen molar-refractivity contribution >= 4 is 15.9 Å². The molecule has 0 radical (unpaired) electrons. The molecule has 0 spiro atoms. The molecule has 0 N–H and O–H groups in total. The van der Waals surface area contributed by atoms with Crippen molar-refractivity contribution < 1.29 is 0 Å². The number of piperidine rings is 1. The van der Waals surface area contributed by atoms with Gasteiger partial charge in [0, 0.05) is 6.54 Å². The molecular weight excluding hydrogens is 226 g/mol. The number of allylic oxidation sites excluding steroid dienone is 3. The largest absolute Gasteiger partial charge is 0.299 e. The summed E-state index contributed by atoms with van der Waals surface area (Å²) in [4.78, 5) is 4.40. The highest BCUT2D eigenvalue weighted by Gasteiger charge is 2.17. The van der Waals surface area contributed by atoms with E-state index in [1.165, 1.54) is 64.6 Å². The van der Waals surface area contributed by atoms with Crippen LogP contribution in [0.5, 0.6) is 0 Å². The van der Waals surface area contributed by atoms with Crippen molar-refractivity contribution in [2.45, 2.75) is 44.9 Å². The highest BCUT2D eigenvalue weighted by molar-refractivity contribution is 8.21. The van der Waals surface area contributed by atoms with Gasteiger partial charge in [-0.2, -0.15) is 0 Å². The van der Waals surface area contributed by atoms with Crippen LogP contribution < -0.4 is 0 Å². The van der Waals surface area contributed by atoms with Crippen LogP contribution in [0.15, 0.2) is 22.0 Å². The van der Waals surface area contributed by atoms with Gasteiger partial charge in [-0.1, -0.05) is 12.5 Å². The van der Waals surface area contributed by atoms with E-state index in [4.69, 9.17) is 0 Å². The van der Waals surface area contributed by atoms with E-state index in [1.807, 2.05) is 0 Å². The second-order valence-electron chi connectivity index (χ2n) is 5.36. The lowest BCUT2D eigenvalue weighted by atomic mass is 10.00. The average molecular weight is 249 g/mol. The first kappa shape index (κ1) is 11.7. The lowest BCUT2D eigenvalue weighted by Gasteiger charge is -2.25. The predicted molar refractivity (Wildman–Crippen MR) is 78.6 cm³/mol. The third kappa shape index (κ3) is 2.74. The fraction of sp³-hybridized carbons (Fsp3) is 0.667. The molecule has 3 rings (SSSR count). The molecular formula is C15H23NS.